The van der Waals surface area contributed by atoms with Gasteiger partial charge in [0.05, 0.1) is 13.1 Å². The van der Waals surface area contributed by atoms with Crippen LogP contribution < -0.4 is 35.4 Å². The maximum atomic E-state index is 2.41. The summed E-state index contributed by atoms with van der Waals surface area (Å²) >= 11 is 0. The molecular formula is C24H30Cl2N2. The van der Waals surface area contributed by atoms with Crippen molar-refractivity contribution in [2.24, 2.45) is 0 Å². The number of rotatable bonds is 10. The highest BCUT2D eigenvalue weighted by Crippen LogP contribution is 2.03. The Bertz CT molecular complexity index is 701. The van der Waals surface area contributed by atoms with Gasteiger partial charge in [-0.05, 0) is 17.2 Å². The van der Waals surface area contributed by atoms with Crippen molar-refractivity contribution in [1.29, 1.82) is 0 Å². The van der Waals surface area contributed by atoms with Gasteiger partial charge in [-0.2, -0.15) is 0 Å². The van der Waals surface area contributed by atoms with E-state index in [2.05, 4.69) is 95.6 Å². The number of hydrogen-bond acceptors (Lipinski definition) is 0. The molecule has 0 aliphatic rings. The maximum absolute atomic E-state index is 2.41. The summed E-state index contributed by atoms with van der Waals surface area (Å²) in [5.41, 5.74) is 5.69. The van der Waals surface area contributed by atoms with Crippen LogP contribution in [-0.2, 0) is 25.9 Å². The lowest BCUT2D eigenvalue weighted by Crippen LogP contribution is -3.00. The highest BCUT2D eigenvalue weighted by molar-refractivity contribution is 5.22. The van der Waals surface area contributed by atoms with E-state index in [9.17, 15) is 0 Å². The molecule has 0 fully saturated rings. The molecule has 3 rings (SSSR count). The molecule has 3 aromatic carbocycles. The van der Waals surface area contributed by atoms with Crippen molar-refractivity contribution < 1.29 is 35.4 Å². The monoisotopic (exact) mass is 416 g/mol. The van der Waals surface area contributed by atoms with Crippen molar-refractivity contribution >= 4 is 0 Å². The van der Waals surface area contributed by atoms with Crippen molar-refractivity contribution in [3.05, 3.63) is 107 Å². The van der Waals surface area contributed by atoms with E-state index in [0.717, 1.165) is 39.0 Å². The Kier molecular flexibility index (Phi) is 12.3. The van der Waals surface area contributed by atoms with Gasteiger partial charge in [0.1, 0.15) is 13.1 Å². The highest BCUT2D eigenvalue weighted by atomic mass is 35.5. The minimum absolute atomic E-state index is 0. The molecule has 0 saturated heterocycles. The molecule has 0 aliphatic carbocycles. The van der Waals surface area contributed by atoms with Crippen LogP contribution in [0.3, 0.4) is 0 Å². The fraction of sp³-hybridized carbons (Fsp3) is 0.250. The zero-order valence-corrected chi connectivity index (χ0v) is 17.7. The van der Waals surface area contributed by atoms with E-state index >= 15 is 0 Å². The summed E-state index contributed by atoms with van der Waals surface area (Å²) in [6, 6.07) is 30.5. The fourth-order valence-corrected chi connectivity index (χ4v) is 3.25. The lowest BCUT2D eigenvalue weighted by Gasteiger charge is -2.06. The number of halogens is 2. The average Bonchev–Trinajstić information content (AvgIpc) is 2.71. The highest BCUT2D eigenvalue weighted by Gasteiger charge is 2.01. The van der Waals surface area contributed by atoms with Gasteiger partial charge in [-0.15, -0.1) is 0 Å². The Morgan fingerprint density at radius 2 is 0.857 bits per heavy atom. The minimum Gasteiger partial charge on any atom is -1.00 e. The summed E-state index contributed by atoms with van der Waals surface area (Å²) < 4.78 is 0. The normalized spacial score (nSPS) is 10.0. The number of benzene rings is 3. The van der Waals surface area contributed by atoms with Crippen LogP contribution in [0.5, 0.6) is 0 Å². The lowest BCUT2D eigenvalue weighted by molar-refractivity contribution is -0.671. The van der Waals surface area contributed by atoms with Gasteiger partial charge in [0.25, 0.3) is 0 Å². The maximum Gasteiger partial charge on any atom is 0.101 e. The van der Waals surface area contributed by atoms with Crippen LogP contribution >= 0.6 is 0 Å². The molecular weight excluding hydrogens is 387 g/mol. The molecule has 0 bridgehead atoms. The predicted octanol–water partition coefficient (Wildman–Crippen LogP) is -3.69. The zero-order valence-electron chi connectivity index (χ0n) is 16.2. The van der Waals surface area contributed by atoms with Crippen LogP contribution in [0.25, 0.3) is 0 Å². The first-order chi connectivity index (χ1) is 12.9. The van der Waals surface area contributed by atoms with Crippen LogP contribution in [0.2, 0.25) is 0 Å². The Morgan fingerprint density at radius 1 is 0.464 bits per heavy atom. The molecule has 0 aliphatic heterocycles. The van der Waals surface area contributed by atoms with Crippen molar-refractivity contribution in [2.45, 2.75) is 25.9 Å². The Labute approximate surface area is 181 Å². The Hall–Kier alpha value is -1.84. The first kappa shape index (κ1) is 24.2. The molecule has 4 heteroatoms. The standard InChI is InChI=1S/C24H28N2.2ClH/c1-3-8-21(9-4-1)14-16-25-19-23-12-7-13-24(18-23)20-26-17-15-22-10-5-2-6-11-22;;/h1-13,18,25-26H,14-17,19-20H2;2*1H. The molecule has 28 heavy (non-hydrogen) atoms. The molecule has 0 atom stereocenters. The Balaban J connectivity index is 0.00000196. The number of nitrogens with two attached hydrogens (primary N) is 2. The van der Waals surface area contributed by atoms with E-state index in [-0.39, 0.29) is 24.8 Å². The average molecular weight is 417 g/mol. The Morgan fingerprint density at radius 3 is 1.29 bits per heavy atom. The second-order valence-corrected chi connectivity index (χ2v) is 6.85. The third kappa shape index (κ3) is 8.90. The van der Waals surface area contributed by atoms with Crippen LogP contribution in [-0.4, -0.2) is 13.1 Å². The largest absolute Gasteiger partial charge is 1.00 e. The third-order valence-corrected chi connectivity index (χ3v) is 4.71. The second-order valence-electron chi connectivity index (χ2n) is 6.85. The third-order valence-electron chi connectivity index (χ3n) is 4.71. The summed E-state index contributed by atoms with van der Waals surface area (Å²) in [5, 5.41) is 4.82. The molecule has 4 N–H and O–H groups in total. The molecule has 150 valence electrons. The summed E-state index contributed by atoms with van der Waals surface area (Å²) in [6.07, 6.45) is 2.27. The second kappa shape index (κ2) is 14.2. The molecule has 3 aromatic rings. The lowest BCUT2D eigenvalue weighted by atomic mass is 10.1. The summed E-state index contributed by atoms with van der Waals surface area (Å²) in [6.45, 7) is 4.39. The van der Waals surface area contributed by atoms with Gasteiger partial charge in [0, 0.05) is 24.0 Å². The zero-order chi connectivity index (χ0) is 17.9. The molecule has 0 radical (unpaired) electrons. The number of quaternary nitrogens is 2. The smallest absolute Gasteiger partial charge is 0.101 e. The van der Waals surface area contributed by atoms with Crippen molar-refractivity contribution in [2.75, 3.05) is 13.1 Å². The molecule has 0 spiro atoms. The first-order valence-corrected chi connectivity index (χ1v) is 9.69. The van der Waals surface area contributed by atoms with E-state index in [1.54, 1.807) is 0 Å². The van der Waals surface area contributed by atoms with E-state index in [4.69, 9.17) is 0 Å². The van der Waals surface area contributed by atoms with Gasteiger partial charge in [-0.3, -0.25) is 0 Å². The van der Waals surface area contributed by atoms with Gasteiger partial charge < -0.3 is 35.4 Å². The van der Waals surface area contributed by atoms with Gasteiger partial charge in [-0.25, -0.2) is 0 Å². The first-order valence-electron chi connectivity index (χ1n) is 9.69. The van der Waals surface area contributed by atoms with Crippen molar-refractivity contribution in [3.63, 3.8) is 0 Å². The van der Waals surface area contributed by atoms with Crippen molar-refractivity contribution in [3.8, 4) is 0 Å². The van der Waals surface area contributed by atoms with Crippen LogP contribution in [0.4, 0.5) is 0 Å². The molecule has 0 heterocycles. The minimum atomic E-state index is 0. The van der Waals surface area contributed by atoms with Crippen LogP contribution in [0, 0.1) is 0 Å². The molecule has 2 nitrogen and oxygen atoms in total. The van der Waals surface area contributed by atoms with E-state index in [0.29, 0.717) is 0 Å². The molecule has 0 amide bonds. The summed E-state index contributed by atoms with van der Waals surface area (Å²) in [4.78, 5) is 0. The van der Waals surface area contributed by atoms with Gasteiger partial charge >= 0.3 is 0 Å². The van der Waals surface area contributed by atoms with E-state index in [1.165, 1.54) is 22.3 Å². The van der Waals surface area contributed by atoms with Gasteiger partial charge in [-0.1, -0.05) is 78.9 Å². The fourth-order valence-electron chi connectivity index (χ4n) is 3.25. The quantitative estimate of drug-likeness (QED) is 0.319. The molecule has 0 unspecified atom stereocenters. The van der Waals surface area contributed by atoms with Crippen LogP contribution in [0.15, 0.2) is 84.9 Å². The SMILES string of the molecule is [Cl-].[Cl-].c1ccc(CC[NH2+]Cc2cccc(C[NH2+]CCc3ccccc3)c2)cc1. The topological polar surface area (TPSA) is 33.2 Å². The number of hydrogen-bond donors (Lipinski definition) is 2. The van der Waals surface area contributed by atoms with Crippen LogP contribution in [0.1, 0.15) is 22.3 Å². The van der Waals surface area contributed by atoms with Gasteiger partial charge in [0.2, 0.25) is 0 Å². The predicted molar refractivity (Wildman–Crippen MR) is 108 cm³/mol. The van der Waals surface area contributed by atoms with E-state index < -0.39 is 0 Å². The summed E-state index contributed by atoms with van der Waals surface area (Å²) in [7, 11) is 0. The molecule has 0 saturated carbocycles. The van der Waals surface area contributed by atoms with Gasteiger partial charge in [0.15, 0.2) is 0 Å². The summed E-state index contributed by atoms with van der Waals surface area (Å²) in [5.74, 6) is 0. The molecule has 0 aromatic heterocycles. The van der Waals surface area contributed by atoms with E-state index in [1.807, 2.05) is 0 Å². The van der Waals surface area contributed by atoms with Crippen molar-refractivity contribution in [1.82, 2.24) is 0 Å².